The van der Waals surface area contributed by atoms with E-state index in [0.717, 1.165) is 70.8 Å². The summed E-state index contributed by atoms with van der Waals surface area (Å²) in [4.78, 5) is 107. The van der Waals surface area contributed by atoms with E-state index in [0.29, 0.717) is 38.5 Å². The van der Waals surface area contributed by atoms with E-state index in [1.807, 2.05) is 39.0 Å². The predicted molar refractivity (Wildman–Crippen MR) is 295 cm³/mol. The van der Waals surface area contributed by atoms with Crippen molar-refractivity contribution >= 4 is 78.3 Å². The van der Waals surface area contributed by atoms with Gasteiger partial charge in [-0.15, -0.1) is 39.5 Å². The van der Waals surface area contributed by atoms with Gasteiger partial charge in [-0.3, -0.25) is 0 Å². The number of carbonyl (C=O) groups excluding carboxylic acids is 6. The third kappa shape index (κ3) is 15.5. The zero-order chi connectivity index (χ0) is 54.9. The molecule has 18 heteroatoms. The molecule has 0 heterocycles. The van der Waals surface area contributed by atoms with Crippen LogP contribution in [0.15, 0.2) is 128 Å². The summed E-state index contributed by atoms with van der Waals surface area (Å²) in [7, 11) is -5.65. The molecule has 0 atom stereocenters. The number of hydrogen-bond donors (Lipinski definition) is 0. The molecular formula is C58H70O15Si3. The van der Waals surface area contributed by atoms with Crippen molar-refractivity contribution in [2.75, 3.05) is 0 Å². The number of ether oxygens (including phenoxy) is 3. The van der Waals surface area contributed by atoms with Crippen LogP contribution in [0.5, 0.6) is 0 Å². The van der Waals surface area contributed by atoms with Crippen LogP contribution in [0.2, 0.25) is 0 Å². The van der Waals surface area contributed by atoms with E-state index in [1.165, 1.54) is 0 Å². The minimum absolute atomic E-state index is 0.239. The first kappa shape index (κ1) is 58.2. The fourth-order valence-electron chi connectivity index (χ4n) is 11.2. The smallest absolute Gasteiger partial charge is 0.428 e. The lowest BCUT2D eigenvalue weighted by Crippen LogP contribution is -2.40. The lowest BCUT2D eigenvalue weighted by Gasteiger charge is -2.45. The summed E-state index contributed by atoms with van der Waals surface area (Å²) in [6.07, 6.45) is 3.21. The first-order valence-electron chi connectivity index (χ1n) is 25.9. The van der Waals surface area contributed by atoms with Crippen LogP contribution < -0.4 is 15.6 Å². The Balaban J connectivity index is 1.04. The molecule has 3 aliphatic rings. The highest BCUT2D eigenvalue weighted by Crippen LogP contribution is 2.48. The van der Waals surface area contributed by atoms with Gasteiger partial charge < -0.3 is 14.2 Å². The second-order valence-corrected chi connectivity index (χ2v) is 27.8. The number of benzene rings is 3. The Morgan fingerprint density at radius 1 is 0.395 bits per heavy atom. The molecule has 0 aromatic heterocycles. The second kappa shape index (κ2) is 28.2. The fourth-order valence-corrected chi connectivity index (χ4v) is 16.4. The van der Waals surface area contributed by atoms with Gasteiger partial charge in [0.2, 0.25) is 0 Å². The van der Waals surface area contributed by atoms with Gasteiger partial charge in [0, 0.05) is 0 Å². The molecule has 404 valence electrons. The third-order valence-electron chi connectivity index (χ3n) is 15.0. The lowest BCUT2D eigenvalue weighted by atomic mass is 9.61. The van der Waals surface area contributed by atoms with Crippen LogP contribution in [0.25, 0.3) is 0 Å². The molecule has 3 aromatic carbocycles. The zero-order valence-corrected chi connectivity index (χ0v) is 47.2. The molecule has 0 radical (unpaired) electrons. The number of rotatable bonds is 18. The molecule has 3 aliphatic carbocycles. The van der Waals surface area contributed by atoms with Crippen molar-refractivity contribution in [1.29, 1.82) is 0 Å². The molecule has 0 unspecified atom stereocenters. The van der Waals surface area contributed by atoms with Crippen molar-refractivity contribution < 1.29 is 72.3 Å². The average Bonchev–Trinajstić information content (AvgIpc) is 3.41. The van der Waals surface area contributed by atoms with Crippen molar-refractivity contribution in [3.05, 3.63) is 162 Å². The molecule has 0 spiro atoms. The maximum absolute atomic E-state index is 13.1. The van der Waals surface area contributed by atoms with E-state index in [9.17, 15) is 28.8 Å². The van der Waals surface area contributed by atoms with Crippen LogP contribution in [0, 0.1) is 44.4 Å². The maximum atomic E-state index is 13.1. The third-order valence-corrected chi connectivity index (χ3v) is 21.7. The molecule has 3 fully saturated rings. The number of hydrogen-bond acceptors (Lipinski definition) is 15. The Labute approximate surface area is 450 Å². The van der Waals surface area contributed by atoms with Gasteiger partial charge in [-0.1, -0.05) is 87.3 Å². The quantitative estimate of drug-likeness (QED) is 0.0385. The summed E-state index contributed by atoms with van der Waals surface area (Å²) < 4.78 is 17.0. The molecule has 0 N–H and O–H groups in total. The normalized spacial score (nSPS) is 20.6. The molecule has 3 saturated carbocycles. The summed E-state index contributed by atoms with van der Waals surface area (Å²) in [5.74, 6) is -1.45. The standard InChI is InChI=1S/C58H70O15Si3/c1-10-74(11-2)49-34-37(7)16-31-46(49)53(59)68-71-56(62)65-43-25-19-40(20-26-43)52(41-21-27-44(28-22-41)66-57(63)72-69-54(60)47-32-17-38(8)35-50(47)75(12-3)13-4)42-23-29-45(30-24-42)67-58(64)73-70-55(61)48-33-18-39(9)36-51(48)76(14-5)15-6/h10-18,31-36,40-45,52,74-76H,1-6,19-30H2,7-9H3. The van der Waals surface area contributed by atoms with Gasteiger partial charge in [0.25, 0.3) is 0 Å². The maximum Gasteiger partial charge on any atom is 0.550 e. The van der Waals surface area contributed by atoms with Crippen LogP contribution in [0.4, 0.5) is 14.4 Å². The summed E-state index contributed by atoms with van der Waals surface area (Å²) in [6, 6.07) is 15.9. The molecule has 76 heavy (non-hydrogen) atoms. The first-order valence-corrected chi connectivity index (χ1v) is 31.7. The van der Waals surface area contributed by atoms with Crippen molar-refractivity contribution in [3.63, 3.8) is 0 Å². The van der Waals surface area contributed by atoms with Gasteiger partial charge >= 0.3 is 36.4 Å². The van der Waals surface area contributed by atoms with Crippen LogP contribution in [0.3, 0.4) is 0 Å². The molecule has 0 saturated heterocycles. The zero-order valence-electron chi connectivity index (χ0n) is 43.8. The van der Waals surface area contributed by atoms with Crippen LogP contribution in [0.1, 0.15) is 125 Å². The average molecular weight is 1090 g/mol. The van der Waals surface area contributed by atoms with Crippen molar-refractivity contribution in [1.82, 2.24) is 0 Å². The number of carbonyl (C=O) groups is 6. The molecule has 0 amide bonds. The Hall–Kier alpha value is -7.03. The summed E-state index contributed by atoms with van der Waals surface area (Å²) in [5, 5.41) is 2.26. The Morgan fingerprint density at radius 3 is 0.855 bits per heavy atom. The van der Waals surface area contributed by atoms with E-state index in [1.54, 1.807) is 70.6 Å². The van der Waals surface area contributed by atoms with E-state index in [4.69, 9.17) is 43.5 Å². The van der Waals surface area contributed by atoms with E-state index in [2.05, 4.69) is 39.5 Å². The molecule has 15 nitrogen and oxygen atoms in total. The summed E-state index contributed by atoms with van der Waals surface area (Å²) >= 11 is 0. The molecular weight excluding hydrogens is 1020 g/mol. The Kier molecular flexibility index (Phi) is 21.6. The highest BCUT2D eigenvalue weighted by molar-refractivity contribution is 6.83. The topological polar surface area (TPSA) is 185 Å². The predicted octanol–water partition coefficient (Wildman–Crippen LogP) is 9.63. The molecule has 6 rings (SSSR count). The molecule has 3 aromatic rings. The van der Waals surface area contributed by atoms with Crippen molar-refractivity contribution in [2.45, 2.75) is 116 Å². The summed E-state index contributed by atoms with van der Waals surface area (Å²) in [5.41, 5.74) is 14.4. The van der Waals surface area contributed by atoms with Gasteiger partial charge in [-0.2, -0.15) is 14.4 Å². The van der Waals surface area contributed by atoms with E-state index >= 15 is 0 Å². The first-order chi connectivity index (χ1) is 36.6. The minimum Gasteiger partial charge on any atom is -0.428 e. The van der Waals surface area contributed by atoms with Crippen LogP contribution in [-0.2, 0) is 43.5 Å². The van der Waals surface area contributed by atoms with Crippen molar-refractivity contribution in [3.8, 4) is 0 Å². The Bertz CT molecular complexity index is 2330. The van der Waals surface area contributed by atoms with Gasteiger partial charge in [-0.25, -0.2) is 43.7 Å². The highest BCUT2D eigenvalue weighted by atomic mass is 28.3. The molecule has 0 bridgehead atoms. The van der Waals surface area contributed by atoms with Crippen molar-refractivity contribution in [2.24, 2.45) is 23.7 Å². The van der Waals surface area contributed by atoms with E-state index in [-0.39, 0.29) is 40.4 Å². The van der Waals surface area contributed by atoms with Gasteiger partial charge in [0.05, 0.1) is 16.7 Å². The number of aryl methyl sites for hydroxylation is 3. The summed E-state index contributed by atoms with van der Waals surface area (Å²) in [6.45, 7) is 29.1. The van der Waals surface area contributed by atoms with Gasteiger partial charge in [0.1, 0.15) is 44.7 Å². The largest absolute Gasteiger partial charge is 0.550 e. The SMILES string of the molecule is C=C[SiH](C=C)c1cc(C)ccc1C(=O)OOC(=O)OC1CCC(C(C2CCC(OC(=O)OOC(=O)c3ccc(C)cc3[SiH](C=C)C=C)CC2)C2CCC(OC(=O)OOC(=O)c3ccc(C)cc3[SiH](C=C)C=C)CC2)CC1. The Morgan fingerprint density at radius 2 is 0.632 bits per heavy atom. The highest BCUT2D eigenvalue weighted by Gasteiger charge is 2.42. The lowest BCUT2D eigenvalue weighted by molar-refractivity contribution is -0.209. The van der Waals surface area contributed by atoms with Crippen LogP contribution in [-0.4, -0.2) is 81.1 Å². The monoisotopic (exact) mass is 1090 g/mol. The second-order valence-electron chi connectivity index (χ2n) is 19.9. The fraction of sp³-hybridized carbons (Fsp3) is 0.379. The van der Waals surface area contributed by atoms with Gasteiger partial charge in [-0.05, 0) is 155 Å². The van der Waals surface area contributed by atoms with Gasteiger partial charge in [0.15, 0.2) is 0 Å². The van der Waals surface area contributed by atoms with Crippen LogP contribution >= 0.6 is 0 Å². The molecule has 0 aliphatic heterocycles. The van der Waals surface area contributed by atoms with E-state index < -0.39 is 81.1 Å². The minimum atomic E-state index is -1.88.